The normalized spacial score (nSPS) is 26.2. The van der Waals surface area contributed by atoms with Gasteiger partial charge in [-0.25, -0.2) is 0 Å². The molecule has 1 aliphatic rings. The van der Waals surface area contributed by atoms with Crippen molar-refractivity contribution in [1.29, 1.82) is 0 Å². The van der Waals surface area contributed by atoms with Gasteiger partial charge >= 0.3 is 5.97 Å². The van der Waals surface area contributed by atoms with Crippen LogP contribution >= 0.6 is 0 Å². The molecule has 1 rings (SSSR count). The fourth-order valence-electron chi connectivity index (χ4n) is 2.25. The van der Waals surface area contributed by atoms with E-state index in [1.54, 1.807) is 0 Å². The van der Waals surface area contributed by atoms with Crippen LogP contribution in [0.15, 0.2) is 0 Å². The molecule has 1 heterocycles. The molecule has 17 heavy (non-hydrogen) atoms. The summed E-state index contributed by atoms with van der Waals surface area (Å²) in [5.74, 6) is 0.272. The smallest absolute Gasteiger partial charge is 0.313 e. The topological polar surface area (TPSA) is 47.6 Å². The summed E-state index contributed by atoms with van der Waals surface area (Å²) < 4.78 is 10.8. The van der Waals surface area contributed by atoms with E-state index < -0.39 is 0 Å². The van der Waals surface area contributed by atoms with Crippen LogP contribution in [0.4, 0.5) is 0 Å². The van der Waals surface area contributed by atoms with Gasteiger partial charge in [0, 0.05) is 6.04 Å². The zero-order chi connectivity index (χ0) is 12.8. The van der Waals surface area contributed by atoms with Crippen molar-refractivity contribution >= 4 is 5.97 Å². The lowest BCUT2D eigenvalue weighted by Crippen LogP contribution is -2.40. The van der Waals surface area contributed by atoms with Gasteiger partial charge in [0.05, 0.1) is 25.2 Å². The lowest BCUT2D eigenvalue weighted by atomic mass is 10.0. The van der Waals surface area contributed by atoms with Gasteiger partial charge in [-0.05, 0) is 25.8 Å². The molecular formula is C13H25NO3. The fraction of sp³-hybridized carbons (Fsp3) is 0.923. The summed E-state index contributed by atoms with van der Waals surface area (Å²) >= 11 is 0. The SMILES string of the molecule is CCNC1COCC1C(=O)OC(C)CC(C)C. The van der Waals surface area contributed by atoms with Gasteiger partial charge in [0.25, 0.3) is 0 Å². The van der Waals surface area contributed by atoms with Crippen LogP contribution in [-0.2, 0) is 14.3 Å². The quantitative estimate of drug-likeness (QED) is 0.720. The molecule has 1 saturated heterocycles. The highest BCUT2D eigenvalue weighted by atomic mass is 16.5. The molecular weight excluding hydrogens is 218 g/mol. The predicted molar refractivity (Wildman–Crippen MR) is 66.8 cm³/mol. The van der Waals surface area contributed by atoms with Crippen molar-refractivity contribution < 1.29 is 14.3 Å². The van der Waals surface area contributed by atoms with E-state index in [4.69, 9.17) is 9.47 Å². The average Bonchev–Trinajstić information content (AvgIpc) is 2.64. The summed E-state index contributed by atoms with van der Waals surface area (Å²) in [4.78, 5) is 12.0. The Labute approximate surface area is 104 Å². The Bertz CT molecular complexity index is 243. The first-order valence-electron chi connectivity index (χ1n) is 6.56. The first kappa shape index (κ1) is 14.5. The molecule has 3 atom stereocenters. The summed E-state index contributed by atoms with van der Waals surface area (Å²) in [6, 6.07) is 0.110. The van der Waals surface area contributed by atoms with Crippen LogP contribution in [-0.4, -0.2) is 37.9 Å². The molecule has 0 saturated carbocycles. The second-order valence-electron chi connectivity index (χ2n) is 5.19. The van der Waals surface area contributed by atoms with Crippen molar-refractivity contribution in [3.8, 4) is 0 Å². The van der Waals surface area contributed by atoms with Gasteiger partial charge in [0.1, 0.15) is 0 Å². The Morgan fingerprint density at radius 2 is 2.12 bits per heavy atom. The number of hydrogen-bond acceptors (Lipinski definition) is 4. The minimum Gasteiger partial charge on any atom is -0.462 e. The van der Waals surface area contributed by atoms with Gasteiger partial charge < -0.3 is 14.8 Å². The van der Waals surface area contributed by atoms with E-state index in [2.05, 4.69) is 19.2 Å². The highest BCUT2D eigenvalue weighted by Crippen LogP contribution is 2.17. The van der Waals surface area contributed by atoms with Crippen molar-refractivity contribution in [2.75, 3.05) is 19.8 Å². The van der Waals surface area contributed by atoms with Crippen LogP contribution in [0.25, 0.3) is 0 Å². The van der Waals surface area contributed by atoms with E-state index in [0.29, 0.717) is 19.1 Å². The van der Waals surface area contributed by atoms with E-state index in [1.807, 2.05) is 13.8 Å². The van der Waals surface area contributed by atoms with Crippen LogP contribution in [0.2, 0.25) is 0 Å². The van der Waals surface area contributed by atoms with E-state index in [0.717, 1.165) is 13.0 Å². The van der Waals surface area contributed by atoms with Crippen LogP contribution in [0, 0.1) is 11.8 Å². The van der Waals surface area contributed by atoms with Crippen molar-refractivity contribution in [2.24, 2.45) is 11.8 Å². The zero-order valence-corrected chi connectivity index (χ0v) is 11.4. The fourth-order valence-corrected chi connectivity index (χ4v) is 2.25. The molecule has 0 aromatic rings. The number of ether oxygens (including phenoxy) is 2. The van der Waals surface area contributed by atoms with Crippen LogP contribution in [0.1, 0.15) is 34.1 Å². The molecule has 1 aliphatic heterocycles. The van der Waals surface area contributed by atoms with E-state index in [1.165, 1.54) is 0 Å². The number of likely N-dealkylation sites (N-methyl/N-ethyl adjacent to an activating group) is 1. The molecule has 0 spiro atoms. The maximum Gasteiger partial charge on any atom is 0.313 e. The predicted octanol–water partition coefficient (Wildman–Crippen LogP) is 1.59. The van der Waals surface area contributed by atoms with Crippen molar-refractivity contribution in [1.82, 2.24) is 5.32 Å². The highest BCUT2D eigenvalue weighted by molar-refractivity contribution is 5.74. The van der Waals surface area contributed by atoms with Gasteiger partial charge in [-0.3, -0.25) is 4.79 Å². The molecule has 0 bridgehead atoms. The van der Waals surface area contributed by atoms with Gasteiger partial charge in [-0.1, -0.05) is 20.8 Å². The van der Waals surface area contributed by atoms with E-state index in [9.17, 15) is 4.79 Å². The largest absolute Gasteiger partial charge is 0.462 e. The Kier molecular flexibility index (Phi) is 5.92. The summed E-state index contributed by atoms with van der Waals surface area (Å²) in [6.45, 7) is 10.2. The summed E-state index contributed by atoms with van der Waals surface area (Å²) in [5, 5.41) is 3.26. The molecule has 1 N–H and O–H groups in total. The number of hydrogen-bond donors (Lipinski definition) is 1. The van der Waals surface area contributed by atoms with Gasteiger partial charge in [-0.2, -0.15) is 0 Å². The number of carbonyl (C=O) groups is 1. The van der Waals surface area contributed by atoms with E-state index >= 15 is 0 Å². The standard InChI is InChI=1S/C13H25NO3/c1-5-14-12-8-16-7-11(12)13(15)17-10(4)6-9(2)3/h9-12,14H,5-8H2,1-4H3. The van der Waals surface area contributed by atoms with Crippen LogP contribution in [0.3, 0.4) is 0 Å². The Hall–Kier alpha value is -0.610. The molecule has 0 amide bonds. The molecule has 4 heteroatoms. The van der Waals surface area contributed by atoms with E-state index in [-0.39, 0.29) is 24.0 Å². The summed E-state index contributed by atoms with van der Waals surface area (Å²) in [5.41, 5.74) is 0. The summed E-state index contributed by atoms with van der Waals surface area (Å²) in [6.07, 6.45) is 0.899. The minimum atomic E-state index is -0.149. The third kappa shape index (κ3) is 4.64. The Morgan fingerprint density at radius 1 is 1.41 bits per heavy atom. The molecule has 100 valence electrons. The number of esters is 1. The van der Waals surface area contributed by atoms with Crippen LogP contribution in [0.5, 0.6) is 0 Å². The zero-order valence-electron chi connectivity index (χ0n) is 11.4. The number of nitrogens with one attached hydrogen (secondary N) is 1. The van der Waals surface area contributed by atoms with Crippen molar-refractivity contribution in [3.63, 3.8) is 0 Å². The summed E-state index contributed by atoms with van der Waals surface area (Å²) in [7, 11) is 0. The van der Waals surface area contributed by atoms with Gasteiger partial charge in [-0.15, -0.1) is 0 Å². The average molecular weight is 243 g/mol. The molecule has 3 unspecified atom stereocenters. The first-order chi connectivity index (χ1) is 8.04. The maximum absolute atomic E-state index is 12.0. The van der Waals surface area contributed by atoms with Gasteiger partial charge in [0.15, 0.2) is 0 Å². The van der Waals surface area contributed by atoms with Crippen LogP contribution < -0.4 is 5.32 Å². The highest BCUT2D eigenvalue weighted by Gasteiger charge is 2.35. The third-order valence-corrected chi connectivity index (χ3v) is 2.97. The second-order valence-corrected chi connectivity index (χ2v) is 5.19. The monoisotopic (exact) mass is 243 g/mol. The molecule has 0 aromatic heterocycles. The Morgan fingerprint density at radius 3 is 2.71 bits per heavy atom. The number of carbonyl (C=O) groups excluding carboxylic acids is 1. The third-order valence-electron chi connectivity index (χ3n) is 2.97. The second kappa shape index (κ2) is 6.97. The molecule has 0 aliphatic carbocycles. The maximum atomic E-state index is 12.0. The minimum absolute atomic E-state index is 0.00891. The van der Waals surface area contributed by atoms with Crippen molar-refractivity contribution in [2.45, 2.75) is 46.3 Å². The van der Waals surface area contributed by atoms with Crippen molar-refractivity contribution in [3.05, 3.63) is 0 Å². The van der Waals surface area contributed by atoms with Gasteiger partial charge in [0.2, 0.25) is 0 Å². The number of rotatable bonds is 6. The molecule has 0 aromatic carbocycles. The molecule has 0 radical (unpaired) electrons. The molecule has 1 fully saturated rings. The Balaban J connectivity index is 2.40. The lowest BCUT2D eigenvalue weighted by Gasteiger charge is -2.21. The lowest BCUT2D eigenvalue weighted by molar-refractivity contribution is -0.154. The first-order valence-corrected chi connectivity index (χ1v) is 6.56. The molecule has 4 nitrogen and oxygen atoms in total.